The van der Waals surface area contributed by atoms with E-state index in [0.29, 0.717) is 24.3 Å². The van der Waals surface area contributed by atoms with Crippen LogP contribution in [0.2, 0.25) is 0 Å². The summed E-state index contributed by atoms with van der Waals surface area (Å²) in [5.74, 6) is 0.578. The average molecular weight is 395 g/mol. The van der Waals surface area contributed by atoms with Gasteiger partial charge in [0.15, 0.2) is 0 Å². The van der Waals surface area contributed by atoms with Gasteiger partial charge in [-0.2, -0.15) is 5.26 Å². The van der Waals surface area contributed by atoms with Crippen LogP contribution in [0.15, 0.2) is 48.5 Å². The Hall–Kier alpha value is -2.39. The van der Waals surface area contributed by atoms with E-state index in [1.54, 1.807) is 0 Å². The lowest BCUT2D eigenvalue weighted by molar-refractivity contribution is -0.0398. The van der Waals surface area contributed by atoms with E-state index in [1.165, 1.54) is 0 Å². The third kappa shape index (κ3) is 5.36. The van der Waals surface area contributed by atoms with Gasteiger partial charge in [-0.15, -0.1) is 0 Å². The van der Waals surface area contributed by atoms with Gasteiger partial charge in [0.2, 0.25) is 0 Å². The number of hydrogen-bond acceptors (Lipinski definition) is 5. The predicted molar refractivity (Wildman–Crippen MR) is 113 cm³/mol. The molecule has 0 saturated carbocycles. The van der Waals surface area contributed by atoms with Gasteiger partial charge in [-0.3, -0.25) is 4.90 Å². The minimum Gasteiger partial charge on any atom is -0.489 e. The van der Waals surface area contributed by atoms with Crippen LogP contribution in [0, 0.1) is 11.3 Å². The smallest absolute Gasteiger partial charge is 0.137 e. The van der Waals surface area contributed by atoms with Gasteiger partial charge in [-0.05, 0) is 56.9 Å². The molecule has 2 aromatic rings. The zero-order chi connectivity index (χ0) is 20.9. The van der Waals surface area contributed by atoms with Crippen LogP contribution in [-0.4, -0.2) is 41.4 Å². The van der Waals surface area contributed by atoms with Crippen molar-refractivity contribution in [3.63, 3.8) is 0 Å². The molecule has 0 aliphatic carbocycles. The van der Waals surface area contributed by atoms with E-state index in [4.69, 9.17) is 14.6 Å². The van der Waals surface area contributed by atoms with Crippen molar-refractivity contribution in [1.82, 2.24) is 4.90 Å². The fraction of sp³-hybridized carbons (Fsp3) is 0.458. The standard InChI is InChI=1S/C24H30N2O3/c1-24(2,3)26-16-21(29-23(26)19-9-5-4-6-10-19)17-28-22-12-11-18(8-7-13-27)14-20(22)15-25/h4-6,9-12,14,21,23,27H,7-8,13,16-17H2,1-3H3/t21-,23?/m0/s1. The van der Waals surface area contributed by atoms with Gasteiger partial charge in [0.05, 0.1) is 5.56 Å². The molecule has 1 N–H and O–H groups in total. The highest BCUT2D eigenvalue weighted by Gasteiger charge is 2.40. The molecule has 5 nitrogen and oxygen atoms in total. The van der Waals surface area contributed by atoms with Crippen molar-refractivity contribution in [3.8, 4) is 11.8 Å². The highest BCUT2D eigenvalue weighted by Crippen LogP contribution is 2.36. The number of aliphatic hydroxyl groups is 1. The number of nitriles is 1. The summed E-state index contributed by atoms with van der Waals surface area (Å²) in [6.07, 6.45) is 1.24. The molecule has 0 aromatic heterocycles. The molecule has 1 aliphatic heterocycles. The Kier molecular flexibility index (Phi) is 6.92. The summed E-state index contributed by atoms with van der Waals surface area (Å²) in [7, 11) is 0. The lowest BCUT2D eigenvalue weighted by atomic mass is 10.0. The van der Waals surface area contributed by atoms with Crippen molar-refractivity contribution < 1.29 is 14.6 Å². The van der Waals surface area contributed by atoms with E-state index in [-0.39, 0.29) is 24.5 Å². The van der Waals surface area contributed by atoms with Crippen LogP contribution in [0.5, 0.6) is 5.75 Å². The van der Waals surface area contributed by atoms with Crippen LogP contribution in [0.4, 0.5) is 0 Å². The highest BCUT2D eigenvalue weighted by molar-refractivity contribution is 5.45. The SMILES string of the molecule is CC(C)(C)N1C[C@@H](COc2ccc(CCCO)cc2C#N)OC1c1ccccc1. The van der Waals surface area contributed by atoms with Gasteiger partial charge >= 0.3 is 0 Å². The molecule has 0 amide bonds. The van der Waals surface area contributed by atoms with Crippen molar-refractivity contribution in [3.05, 3.63) is 65.2 Å². The quantitative estimate of drug-likeness (QED) is 0.767. The largest absolute Gasteiger partial charge is 0.489 e. The molecule has 0 spiro atoms. The van der Waals surface area contributed by atoms with Crippen molar-refractivity contribution in [1.29, 1.82) is 5.26 Å². The van der Waals surface area contributed by atoms with Gasteiger partial charge in [0.1, 0.15) is 30.8 Å². The van der Waals surface area contributed by atoms with Crippen LogP contribution < -0.4 is 4.74 Å². The van der Waals surface area contributed by atoms with Crippen molar-refractivity contribution in [2.75, 3.05) is 19.8 Å². The van der Waals surface area contributed by atoms with Crippen LogP contribution in [0.3, 0.4) is 0 Å². The van der Waals surface area contributed by atoms with E-state index in [1.807, 2.05) is 36.4 Å². The molecule has 3 rings (SSSR count). The van der Waals surface area contributed by atoms with Gasteiger partial charge < -0.3 is 14.6 Å². The van der Waals surface area contributed by atoms with Crippen LogP contribution in [0.1, 0.15) is 50.1 Å². The molecule has 1 aliphatic rings. The first-order valence-electron chi connectivity index (χ1n) is 10.2. The monoisotopic (exact) mass is 394 g/mol. The molecule has 2 atom stereocenters. The third-order valence-electron chi connectivity index (χ3n) is 5.16. The summed E-state index contributed by atoms with van der Waals surface area (Å²) in [5.41, 5.74) is 2.64. The summed E-state index contributed by atoms with van der Waals surface area (Å²) in [4.78, 5) is 2.35. The first kappa shape index (κ1) is 21.3. The zero-order valence-electron chi connectivity index (χ0n) is 17.5. The van der Waals surface area contributed by atoms with E-state index in [0.717, 1.165) is 24.1 Å². The Balaban J connectivity index is 1.69. The summed E-state index contributed by atoms with van der Waals surface area (Å²) in [6, 6.07) is 18.1. The van der Waals surface area contributed by atoms with Gasteiger partial charge in [0, 0.05) is 18.7 Å². The molecular formula is C24H30N2O3. The molecule has 1 heterocycles. The van der Waals surface area contributed by atoms with E-state index in [9.17, 15) is 5.26 Å². The second-order valence-electron chi connectivity index (χ2n) is 8.42. The fourth-order valence-electron chi connectivity index (χ4n) is 3.62. The van der Waals surface area contributed by atoms with E-state index >= 15 is 0 Å². The lowest BCUT2D eigenvalue weighted by Gasteiger charge is -2.35. The molecule has 0 radical (unpaired) electrons. The number of aryl methyl sites for hydroxylation is 1. The van der Waals surface area contributed by atoms with Crippen LogP contribution in [0.25, 0.3) is 0 Å². The van der Waals surface area contributed by atoms with Gasteiger partial charge in [-0.1, -0.05) is 36.4 Å². The molecular weight excluding hydrogens is 364 g/mol. The van der Waals surface area contributed by atoms with E-state index in [2.05, 4.69) is 43.9 Å². The second-order valence-corrected chi connectivity index (χ2v) is 8.42. The Morgan fingerprint density at radius 1 is 1.21 bits per heavy atom. The number of benzene rings is 2. The number of ether oxygens (including phenoxy) is 2. The molecule has 2 aromatic carbocycles. The normalized spacial score (nSPS) is 19.8. The van der Waals surface area contributed by atoms with Crippen molar-refractivity contribution in [2.24, 2.45) is 0 Å². The Morgan fingerprint density at radius 2 is 1.97 bits per heavy atom. The highest BCUT2D eigenvalue weighted by atomic mass is 16.6. The zero-order valence-corrected chi connectivity index (χ0v) is 17.5. The second kappa shape index (κ2) is 9.41. The minimum absolute atomic E-state index is 0.0403. The number of aliphatic hydroxyl groups excluding tert-OH is 1. The van der Waals surface area contributed by atoms with E-state index < -0.39 is 0 Å². The maximum atomic E-state index is 9.48. The Labute approximate surface area is 173 Å². The molecule has 154 valence electrons. The minimum atomic E-state index is -0.110. The fourth-order valence-corrected chi connectivity index (χ4v) is 3.62. The van der Waals surface area contributed by atoms with Crippen LogP contribution >= 0.6 is 0 Å². The molecule has 0 bridgehead atoms. The molecule has 1 saturated heterocycles. The summed E-state index contributed by atoms with van der Waals surface area (Å²) in [6.45, 7) is 7.86. The number of hydrogen-bond donors (Lipinski definition) is 1. The summed E-state index contributed by atoms with van der Waals surface area (Å²) >= 11 is 0. The predicted octanol–water partition coefficient (Wildman–Crippen LogP) is 4.06. The lowest BCUT2D eigenvalue weighted by Crippen LogP contribution is -2.42. The maximum absolute atomic E-state index is 9.48. The average Bonchev–Trinajstić information content (AvgIpc) is 3.16. The molecule has 29 heavy (non-hydrogen) atoms. The first-order valence-corrected chi connectivity index (χ1v) is 10.2. The third-order valence-corrected chi connectivity index (χ3v) is 5.16. The van der Waals surface area contributed by atoms with Gasteiger partial charge in [-0.25, -0.2) is 0 Å². The van der Waals surface area contributed by atoms with Crippen molar-refractivity contribution >= 4 is 0 Å². The summed E-state index contributed by atoms with van der Waals surface area (Å²) in [5, 5.41) is 18.5. The molecule has 1 fully saturated rings. The Morgan fingerprint density at radius 3 is 2.62 bits per heavy atom. The Bertz CT molecular complexity index is 839. The van der Waals surface area contributed by atoms with Crippen LogP contribution in [-0.2, 0) is 11.2 Å². The molecule has 1 unspecified atom stereocenters. The molecule has 5 heteroatoms. The number of rotatable bonds is 7. The topological polar surface area (TPSA) is 65.7 Å². The van der Waals surface area contributed by atoms with Gasteiger partial charge in [0.25, 0.3) is 0 Å². The maximum Gasteiger partial charge on any atom is 0.137 e. The number of nitrogens with zero attached hydrogens (tertiary/aromatic N) is 2. The first-order chi connectivity index (χ1) is 13.9. The van der Waals surface area contributed by atoms with Crippen molar-refractivity contribution in [2.45, 2.75) is 51.5 Å². The summed E-state index contributed by atoms with van der Waals surface area (Å²) < 4.78 is 12.3.